The molecule has 0 saturated heterocycles. The second-order valence-electron chi connectivity index (χ2n) is 2.61. The van der Waals surface area contributed by atoms with Crippen LogP contribution in [-0.2, 0) is 9.47 Å². The van der Waals surface area contributed by atoms with E-state index in [2.05, 4.69) is 16.6 Å². The molecule has 0 aliphatic rings. The van der Waals surface area contributed by atoms with Gasteiger partial charge < -0.3 is 9.47 Å². The van der Waals surface area contributed by atoms with Gasteiger partial charge in [-0.15, -0.1) is 0 Å². The molecule has 0 atom stereocenters. The standard InChI is InChI=1S/C6H11O3/c1-6(2,3)9-5(7)8-4/h4H2,1-3H3. The first-order valence-corrected chi connectivity index (χ1v) is 2.61. The van der Waals surface area contributed by atoms with E-state index < -0.39 is 11.8 Å². The van der Waals surface area contributed by atoms with Crippen LogP contribution in [0.1, 0.15) is 20.8 Å². The molecule has 0 saturated carbocycles. The molecular weight excluding hydrogens is 120 g/mol. The zero-order chi connectivity index (χ0) is 7.49. The topological polar surface area (TPSA) is 35.5 Å². The van der Waals surface area contributed by atoms with Crippen LogP contribution in [0.5, 0.6) is 0 Å². The quantitative estimate of drug-likeness (QED) is 0.469. The van der Waals surface area contributed by atoms with Crippen LogP contribution < -0.4 is 0 Å². The van der Waals surface area contributed by atoms with E-state index in [1.165, 1.54) is 0 Å². The number of carbonyl (C=O) groups is 1. The Hall–Kier alpha value is -0.730. The van der Waals surface area contributed by atoms with Gasteiger partial charge in [0.2, 0.25) is 0 Å². The maximum Gasteiger partial charge on any atom is 0.508 e. The molecule has 0 rings (SSSR count). The Labute approximate surface area is 55.0 Å². The maximum absolute atomic E-state index is 10.3. The minimum absolute atomic E-state index is 0.491. The maximum atomic E-state index is 10.3. The Kier molecular flexibility index (Phi) is 2.49. The van der Waals surface area contributed by atoms with Gasteiger partial charge in [0.05, 0.1) is 0 Å². The highest BCUT2D eigenvalue weighted by Crippen LogP contribution is 2.07. The number of rotatable bonds is 0. The Morgan fingerprint density at radius 3 is 2.00 bits per heavy atom. The van der Waals surface area contributed by atoms with Gasteiger partial charge in [-0.1, -0.05) is 0 Å². The van der Waals surface area contributed by atoms with E-state index in [1.807, 2.05) is 0 Å². The molecule has 0 fully saturated rings. The van der Waals surface area contributed by atoms with Crippen LogP contribution >= 0.6 is 0 Å². The molecule has 0 bridgehead atoms. The average molecular weight is 131 g/mol. The Bertz CT molecular complexity index is 101. The molecule has 0 aliphatic carbocycles. The lowest BCUT2D eigenvalue weighted by Gasteiger charge is -2.17. The summed E-state index contributed by atoms with van der Waals surface area (Å²) < 4.78 is 8.68. The van der Waals surface area contributed by atoms with Crippen molar-refractivity contribution in [3.8, 4) is 0 Å². The van der Waals surface area contributed by atoms with Gasteiger partial charge in [0.25, 0.3) is 0 Å². The van der Waals surface area contributed by atoms with Crippen molar-refractivity contribution in [1.29, 1.82) is 0 Å². The monoisotopic (exact) mass is 131 g/mol. The van der Waals surface area contributed by atoms with Gasteiger partial charge in [-0.3, -0.25) is 0 Å². The van der Waals surface area contributed by atoms with Gasteiger partial charge in [-0.25, -0.2) is 4.79 Å². The number of ether oxygens (including phenoxy) is 2. The molecule has 9 heavy (non-hydrogen) atoms. The van der Waals surface area contributed by atoms with E-state index in [9.17, 15) is 4.79 Å². The molecule has 3 nitrogen and oxygen atoms in total. The SMILES string of the molecule is [CH2]OC(=O)OC(C)(C)C. The Morgan fingerprint density at radius 1 is 1.44 bits per heavy atom. The molecule has 0 aromatic carbocycles. The predicted molar refractivity (Wildman–Crippen MR) is 32.7 cm³/mol. The summed E-state index contributed by atoms with van der Waals surface area (Å²) in [5.74, 6) is 0. The molecule has 3 heteroatoms. The van der Waals surface area contributed by atoms with E-state index in [1.54, 1.807) is 20.8 Å². The van der Waals surface area contributed by atoms with Gasteiger partial charge in [-0.2, -0.15) is 0 Å². The fourth-order valence-corrected chi connectivity index (χ4v) is 0.279. The van der Waals surface area contributed by atoms with Crippen molar-refractivity contribution >= 4 is 6.16 Å². The van der Waals surface area contributed by atoms with Crippen molar-refractivity contribution < 1.29 is 14.3 Å². The fraction of sp³-hybridized carbons (Fsp3) is 0.667. The summed E-state index contributed by atoms with van der Waals surface area (Å²) in [7, 11) is 2.90. The van der Waals surface area contributed by atoms with E-state index in [0.717, 1.165) is 0 Å². The third-order valence-corrected chi connectivity index (χ3v) is 0.507. The summed E-state index contributed by atoms with van der Waals surface area (Å²) in [6, 6.07) is 0. The summed E-state index contributed by atoms with van der Waals surface area (Å²) in [6.45, 7) is 5.26. The van der Waals surface area contributed by atoms with Crippen molar-refractivity contribution in [2.45, 2.75) is 26.4 Å². The van der Waals surface area contributed by atoms with Crippen molar-refractivity contribution in [3.05, 3.63) is 7.11 Å². The highest BCUT2D eigenvalue weighted by molar-refractivity contribution is 5.60. The van der Waals surface area contributed by atoms with Gasteiger partial charge in [-0.05, 0) is 20.8 Å². The van der Waals surface area contributed by atoms with Crippen LogP contribution in [0.25, 0.3) is 0 Å². The summed E-state index contributed by atoms with van der Waals surface area (Å²) in [6.07, 6.45) is -0.748. The Balaban J connectivity index is 3.60. The van der Waals surface area contributed by atoms with Crippen LogP contribution in [0.3, 0.4) is 0 Å². The second kappa shape index (κ2) is 2.71. The lowest BCUT2D eigenvalue weighted by molar-refractivity contribution is 0.00989. The largest absolute Gasteiger partial charge is 0.508 e. The van der Waals surface area contributed by atoms with Gasteiger partial charge in [0, 0.05) is 0 Å². The number of hydrogen-bond acceptors (Lipinski definition) is 3. The van der Waals surface area contributed by atoms with Crippen LogP contribution in [-0.4, -0.2) is 11.8 Å². The summed E-state index contributed by atoms with van der Waals surface area (Å²) >= 11 is 0. The Morgan fingerprint density at radius 2 is 1.89 bits per heavy atom. The molecule has 1 radical (unpaired) electrons. The lowest BCUT2D eigenvalue weighted by atomic mass is 10.2. The van der Waals surface area contributed by atoms with Gasteiger partial charge in [0.1, 0.15) is 12.7 Å². The second-order valence-corrected chi connectivity index (χ2v) is 2.61. The molecule has 0 aromatic heterocycles. The lowest BCUT2D eigenvalue weighted by Crippen LogP contribution is -2.23. The molecule has 0 N–H and O–H groups in total. The minimum Gasteiger partial charge on any atom is -0.431 e. The van der Waals surface area contributed by atoms with Gasteiger partial charge in [0.15, 0.2) is 0 Å². The van der Waals surface area contributed by atoms with E-state index in [0.29, 0.717) is 0 Å². The highest BCUT2D eigenvalue weighted by atomic mass is 16.7. The molecule has 0 aromatic rings. The molecule has 0 unspecified atom stereocenters. The number of hydrogen-bond donors (Lipinski definition) is 0. The van der Waals surface area contributed by atoms with Gasteiger partial charge >= 0.3 is 6.16 Å². The van der Waals surface area contributed by atoms with Crippen LogP contribution in [0.15, 0.2) is 0 Å². The molecule has 0 spiro atoms. The predicted octanol–water partition coefficient (Wildman–Crippen LogP) is 1.73. The van der Waals surface area contributed by atoms with E-state index in [-0.39, 0.29) is 0 Å². The smallest absolute Gasteiger partial charge is 0.431 e. The summed E-state index contributed by atoms with van der Waals surface area (Å²) in [5.41, 5.74) is -0.491. The minimum atomic E-state index is -0.748. The van der Waals surface area contributed by atoms with Crippen LogP contribution in [0.2, 0.25) is 0 Å². The first kappa shape index (κ1) is 8.27. The zero-order valence-electron chi connectivity index (χ0n) is 5.93. The number of carbonyl (C=O) groups excluding carboxylic acids is 1. The fourth-order valence-electron chi connectivity index (χ4n) is 0.279. The first-order valence-electron chi connectivity index (χ1n) is 2.61. The van der Waals surface area contributed by atoms with Crippen molar-refractivity contribution in [2.75, 3.05) is 0 Å². The van der Waals surface area contributed by atoms with E-state index in [4.69, 9.17) is 0 Å². The van der Waals surface area contributed by atoms with Crippen molar-refractivity contribution in [3.63, 3.8) is 0 Å². The van der Waals surface area contributed by atoms with Crippen molar-refractivity contribution in [2.24, 2.45) is 0 Å². The summed E-state index contributed by atoms with van der Waals surface area (Å²) in [4.78, 5) is 10.3. The third-order valence-electron chi connectivity index (χ3n) is 0.507. The van der Waals surface area contributed by atoms with Crippen LogP contribution in [0, 0.1) is 7.11 Å². The van der Waals surface area contributed by atoms with Crippen molar-refractivity contribution in [1.82, 2.24) is 0 Å². The zero-order valence-corrected chi connectivity index (χ0v) is 5.93. The highest BCUT2D eigenvalue weighted by Gasteiger charge is 2.15. The molecular formula is C6H11O3. The molecule has 53 valence electrons. The normalized spacial score (nSPS) is 10.7. The molecule has 0 heterocycles. The first-order chi connectivity index (χ1) is 3.95. The molecule has 0 amide bonds. The molecule has 0 aliphatic heterocycles. The van der Waals surface area contributed by atoms with Crippen LogP contribution in [0.4, 0.5) is 4.79 Å². The third kappa shape index (κ3) is 5.14. The summed E-state index contributed by atoms with van der Waals surface area (Å²) in [5, 5.41) is 0. The van der Waals surface area contributed by atoms with E-state index >= 15 is 0 Å². The average Bonchev–Trinajstić information content (AvgIpc) is 1.62.